The first-order valence-corrected chi connectivity index (χ1v) is 11.1. The smallest absolute Gasteiger partial charge is 0.328 e. The minimum atomic E-state index is -1.26. The van der Waals surface area contributed by atoms with Crippen molar-refractivity contribution in [3.8, 4) is 23.8 Å². The molecule has 0 saturated heterocycles. The molecule has 1 aliphatic heterocycles. The van der Waals surface area contributed by atoms with Crippen LogP contribution in [-0.4, -0.2) is 71.8 Å². The highest BCUT2D eigenvalue weighted by Gasteiger charge is 2.13. The van der Waals surface area contributed by atoms with E-state index in [0.29, 0.717) is 69.1 Å². The van der Waals surface area contributed by atoms with Crippen LogP contribution in [0.4, 0.5) is 11.5 Å². The highest BCUT2D eigenvalue weighted by atomic mass is 16.6. The van der Waals surface area contributed by atoms with Crippen LogP contribution in [0, 0.1) is 12.3 Å². The highest BCUT2D eigenvalue weighted by Crippen LogP contribution is 2.35. The Bertz CT molecular complexity index is 1290. The lowest BCUT2D eigenvalue weighted by Gasteiger charge is -2.16. The van der Waals surface area contributed by atoms with E-state index in [1.165, 1.54) is 6.33 Å². The number of nitrogens with one attached hydrogen (secondary N) is 1. The van der Waals surface area contributed by atoms with E-state index >= 15 is 0 Å². The van der Waals surface area contributed by atoms with E-state index in [0.717, 1.165) is 22.2 Å². The molecule has 2 heterocycles. The first-order chi connectivity index (χ1) is 18.0. The molecule has 0 fully saturated rings. The fourth-order valence-electron chi connectivity index (χ4n) is 3.10. The molecule has 0 amide bonds. The molecule has 11 heteroatoms. The van der Waals surface area contributed by atoms with Gasteiger partial charge in [-0.25, -0.2) is 19.6 Å². The quantitative estimate of drug-likeness (QED) is 0.353. The first-order valence-electron chi connectivity index (χ1n) is 11.1. The Kier molecular flexibility index (Phi) is 10.2. The molecule has 3 N–H and O–H groups in total. The van der Waals surface area contributed by atoms with Crippen LogP contribution in [0.25, 0.3) is 10.9 Å². The number of ether oxygens (including phenoxy) is 4. The van der Waals surface area contributed by atoms with Crippen molar-refractivity contribution in [2.75, 3.05) is 45.0 Å². The van der Waals surface area contributed by atoms with Gasteiger partial charge in [0.15, 0.2) is 11.5 Å². The maximum atomic E-state index is 9.55. The topological polar surface area (TPSA) is 149 Å². The molecule has 0 unspecified atom stereocenters. The molecule has 192 valence electrons. The molecule has 0 atom stereocenters. The Morgan fingerprint density at radius 1 is 0.892 bits per heavy atom. The number of hydrogen-bond donors (Lipinski definition) is 3. The second kappa shape index (κ2) is 14.0. The van der Waals surface area contributed by atoms with E-state index in [1.807, 2.05) is 36.4 Å². The lowest BCUT2D eigenvalue weighted by molar-refractivity contribution is -0.134. The van der Waals surface area contributed by atoms with Crippen LogP contribution in [0.1, 0.15) is 5.56 Å². The molecule has 0 aliphatic carbocycles. The van der Waals surface area contributed by atoms with Crippen LogP contribution in [0.3, 0.4) is 0 Å². The Balaban J connectivity index is 0.000000414. The fourth-order valence-corrected chi connectivity index (χ4v) is 3.10. The summed E-state index contributed by atoms with van der Waals surface area (Å²) in [5.41, 5.74) is 2.37. The molecular weight excluding hydrogens is 482 g/mol. The zero-order valence-corrected chi connectivity index (χ0v) is 19.8. The van der Waals surface area contributed by atoms with Crippen LogP contribution in [0.15, 0.2) is 54.9 Å². The summed E-state index contributed by atoms with van der Waals surface area (Å²) < 4.78 is 22.7. The van der Waals surface area contributed by atoms with Gasteiger partial charge in [0.2, 0.25) is 0 Å². The largest absolute Gasteiger partial charge is 0.487 e. The van der Waals surface area contributed by atoms with E-state index in [4.69, 9.17) is 35.6 Å². The summed E-state index contributed by atoms with van der Waals surface area (Å²) >= 11 is 0. The van der Waals surface area contributed by atoms with Crippen molar-refractivity contribution in [3.63, 3.8) is 0 Å². The summed E-state index contributed by atoms with van der Waals surface area (Å²) in [6.45, 7) is 2.84. The number of terminal acetylenes is 1. The predicted molar refractivity (Wildman–Crippen MR) is 134 cm³/mol. The van der Waals surface area contributed by atoms with Crippen molar-refractivity contribution < 1.29 is 38.7 Å². The number of carboxylic acid groups (broad SMARTS) is 2. The maximum Gasteiger partial charge on any atom is 0.328 e. The van der Waals surface area contributed by atoms with E-state index in [2.05, 4.69) is 21.2 Å². The zero-order chi connectivity index (χ0) is 26.5. The maximum absolute atomic E-state index is 9.55. The molecule has 37 heavy (non-hydrogen) atoms. The molecule has 3 aromatic rings. The summed E-state index contributed by atoms with van der Waals surface area (Å²) in [6.07, 6.45) is 8.12. The van der Waals surface area contributed by atoms with Crippen molar-refractivity contribution in [3.05, 3.63) is 60.4 Å². The van der Waals surface area contributed by atoms with Gasteiger partial charge in [0.1, 0.15) is 25.4 Å². The summed E-state index contributed by atoms with van der Waals surface area (Å²) in [7, 11) is 0. The molecule has 0 bridgehead atoms. The normalized spacial score (nSPS) is 13.8. The van der Waals surface area contributed by atoms with Gasteiger partial charge in [-0.3, -0.25) is 0 Å². The summed E-state index contributed by atoms with van der Waals surface area (Å²) in [5, 5.41) is 19.7. The SMILES string of the molecule is C#Cc1cccc(Nc2ncnc3cc4c(cc23)OCCOCCOCCO4)c1.O=C(O)/C=C\C(=O)O. The monoisotopic (exact) mass is 507 g/mol. The van der Waals surface area contributed by atoms with Crippen molar-refractivity contribution in [2.45, 2.75) is 0 Å². The third-order valence-electron chi connectivity index (χ3n) is 4.70. The summed E-state index contributed by atoms with van der Waals surface area (Å²) in [5.74, 6) is 1.99. The van der Waals surface area contributed by atoms with Gasteiger partial charge in [0.25, 0.3) is 0 Å². The van der Waals surface area contributed by atoms with E-state index in [-0.39, 0.29) is 0 Å². The number of benzene rings is 2. The third kappa shape index (κ3) is 8.81. The lowest BCUT2D eigenvalue weighted by Crippen LogP contribution is -2.15. The number of carboxylic acids is 2. The number of hydrogen-bond acceptors (Lipinski definition) is 9. The van der Waals surface area contributed by atoms with Gasteiger partial charge in [0.05, 0.1) is 31.9 Å². The van der Waals surface area contributed by atoms with Crippen LogP contribution < -0.4 is 14.8 Å². The van der Waals surface area contributed by atoms with Crippen LogP contribution in [0.5, 0.6) is 11.5 Å². The molecule has 2 aromatic carbocycles. The molecule has 0 spiro atoms. The Labute approximate surface area is 212 Å². The van der Waals surface area contributed by atoms with Gasteiger partial charge in [0, 0.05) is 34.9 Å². The van der Waals surface area contributed by atoms with Crippen molar-refractivity contribution in [2.24, 2.45) is 0 Å². The Morgan fingerprint density at radius 3 is 2.14 bits per heavy atom. The molecule has 0 saturated carbocycles. The number of rotatable bonds is 4. The number of aliphatic carboxylic acids is 2. The molecule has 4 rings (SSSR count). The lowest BCUT2D eigenvalue weighted by atomic mass is 10.2. The first kappa shape index (κ1) is 26.9. The molecule has 11 nitrogen and oxygen atoms in total. The average molecular weight is 507 g/mol. The van der Waals surface area contributed by atoms with Gasteiger partial charge in [-0.2, -0.15) is 0 Å². The second-order valence-corrected chi connectivity index (χ2v) is 7.32. The zero-order valence-electron chi connectivity index (χ0n) is 19.8. The van der Waals surface area contributed by atoms with Gasteiger partial charge >= 0.3 is 11.9 Å². The molecule has 1 aliphatic rings. The van der Waals surface area contributed by atoms with Crippen LogP contribution in [-0.2, 0) is 19.1 Å². The Hall–Kier alpha value is -4.66. The van der Waals surface area contributed by atoms with Gasteiger partial charge < -0.3 is 34.5 Å². The number of fused-ring (bicyclic) bond motifs is 2. The van der Waals surface area contributed by atoms with Crippen LogP contribution >= 0.6 is 0 Å². The predicted octanol–water partition coefficient (Wildman–Crippen LogP) is 2.87. The number of anilines is 2. The number of nitrogens with zero attached hydrogens (tertiary/aromatic N) is 2. The van der Waals surface area contributed by atoms with E-state index in [1.54, 1.807) is 0 Å². The molecule has 0 radical (unpaired) electrons. The van der Waals surface area contributed by atoms with Crippen molar-refractivity contribution >= 4 is 34.3 Å². The average Bonchev–Trinajstić information content (AvgIpc) is 2.88. The minimum absolute atomic E-state index is 0.405. The third-order valence-corrected chi connectivity index (χ3v) is 4.70. The molecule has 1 aromatic heterocycles. The number of aromatic nitrogens is 2. The highest BCUT2D eigenvalue weighted by molar-refractivity contribution is 5.93. The van der Waals surface area contributed by atoms with Crippen LogP contribution in [0.2, 0.25) is 0 Å². The van der Waals surface area contributed by atoms with Crippen molar-refractivity contribution in [1.29, 1.82) is 0 Å². The van der Waals surface area contributed by atoms with E-state index in [9.17, 15) is 9.59 Å². The Morgan fingerprint density at radius 2 is 1.51 bits per heavy atom. The van der Waals surface area contributed by atoms with Gasteiger partial charge in [-0.05, 0) is 24.3 Å². The van der Waals surface area contributed by atoms with E-state index < -0.39 is 11.9 Å². The standard InChI is InChI=1S/C22H21N3O4.C4H4O4/c1-2-16-4-3-5-17(12-16)25-22-18-13-20-21(14-19(18)23-15-24-22)29-11-9-27-7-6-26-8-10-28-20;5-3(6)1-2-4(7)8/h1,3-5,12-15H,6-11H2,(H,23,24,25);1-2H,(H,5,6)(H,7,8)/b;2-1-. The summed E-state index contributed by atoms with van der Waals surface area (Å²) in [6, 6.07) is 11.3. The molecular formula is C26H25N3O8. The second-order valence-electron chi connectivity index (χ2n) is 7.32. The number of carbonyl (C=O) groups is 2. The minimum Gasteiger partial charge on any atom is -0.487 e. The van der Waals surface area contributed by atoms with Gasteiger partial charge in [-0.15, -0.1) is 6.42 Å². The van der Waals surface area contributed by atoms with Crippen molar-refractivity contribution in [1.82, 2.24) is 9.97 Å². The fraction of sp³-hybridized carbons (Fsp3) is 0.231. The van der Waals surface area contributed by atoms with Gasteiger partial charge in [-0.1, -0.05) is 12.0 Å². The summed E-state index contributed by atoms with van der Waals surface area (Å²) in [4.78, 5) is 27.9.